The van der Waals surface area contributed by atoms with Crippen LogP contribution in [0.15, 0.2) is 11.3 Å². The minimum atomic E-state index is -1.82. The molecule has 2 bridgehead atoms. The SMILES string of the molecule is CC[C@H](O)C(C)(O)[C@@H]1OC(=O)[C@H](C)[C@H](OC2CC(C)(OC)C(O)C(C)O2)[C@@H](C)[C@H](OC2OC(C)CC(N(C)C)C2O)[C@@]2(C)CC(C)=C(O2)[C@@H]1C. The molecule has 4 aliphatic heterocycles. The molecule has 290 valence electrons. The van der Waals surface area contributed by atoms with Gasteiger partial charge in [-0.05, 0) is 81.0 Å². The van der Waals surface area contributed by atoms with Crippen molar-refractivity contribution >= 4 is 5.97 Å². The second-order valence-corrected chi connectivity index (χ2v) is 16.3. The molecule has 0 aromatic heterocycles. The molecule has 9 unspecified atom stereocenters. The molecular weight excluding hydrogens is 650 g/mol. The maximum Gasteiger partial charge on any atom is 0.311 e. The summed E-state index contributed by atoms with van der Waals surface area (Å²) in [4.78, 5) is 16.2. The second-order valence-electron chi connectivity index (χ2n) is 16.3. The van der Waals surface area contributed by atoms with Gasteiger partial charge >= 0.3 is 5.97 Å². The first kappa shape index (κ1) is 41.4. The number of aliphatic hydroxyl groups is 4. The average molecular weight is 716 g/mol. The Kier molecular flexibility index (Phi) is 12.8. The van der Waals surface area contributed by atoms with E-state index in [9.17, 15) is 25.2 Å². The van der Waals surface area contributed by atoms with Crippen LogP contribution in [0.5, 0.6) is 0 Å². The molecule has 4 rings (SSSR count). The molecule has 0 spiro atoms. The maximum absolute atomic E-state index is 14.3. The van der Waals surface area contributed by atoms with Gasteiger partial charge in [-0.3, -0.25) is 4.79 Å². The number of fused-ring (bicyclic) bond motifs is 2. The van der Waals surface area contributed by atoms with Gasteiger partial charge in [0.25, 0.3) is 0 Å². The predicted molar refractivity (Wildman–Crippen MR) is 184 cm³/mol. The molecule has 0 saturated carbocycles. The Labute approximate surface area is 298 Å². The number of carbonyl (C=O) groups is 1. The predicted octanol–water partition coefficient (Wildman–Crippen LogP) is 2.89. The summed E-state index contributed by atoms with van der Waals surface area (Å²) in [5.74, 6) is -2.26. The zero-order valence-corrected chi connectivity index (χ0v) is 32.4. The lowest BCUT2D eigenvalue weighted by atomic mass is 9.78. The molecule has 0 aromatic rings. The van der Waals surface area contributed by atoms with Gasteiger partial charge < -0.3 is 58.5 Å². The van der Waals surface area contributed by atoms with E-state index in [-0.39, 0.29) is 25.0 Å². The van der Waals surface area contributed by atoms with Crippen LogP contribution in [0.25, 0.3) is 0 Å². The summed E-state index contributed by atoms with van der Waals surface area (Å²) in [6.45, 7) is 18.0. The van der Waals surface area contributed by atoms with E-state index in [2.05, 4.69) is 0 Å². The van der Waals surface area contributed by atoms with Crippen LogP contribution in [0.1, 0.15) is 94.9 Å². The molecule has 50 heavy (non-hydrogen) atoms. The second kappa shape index (κ2) is 15.5. The summed E-state index contributed by atoms with van der Waals surface area (Å²) < 4.78 is 44.8. The first-order valence-corrected chi connectivity index (χ1v) is 18.3. The van der Waals surface area contributed by atoms with Gasteiger partial charge in [-0.2, -0.15) is 0 Å². The Hall–Kier alpha value is -1.39. The number of cyclic esters (lactones) is 1. The van der Waals surface area contributed by atoms with Crippen LogP contribution in [0.3, 0.4) is 0 Å². The summed E-state index contributed by atoms with van der Waals surface area (Å²) in [6.07, 6.45) is -7.24. The zero-order chi connectivity index (χ0) is 37.7. The number of rotatable bonds is 9. The minimum Gasteiger partial charge on any atom is -0.488 e. The van der Waals surface area contributed by atoms with Crippen molar-refractivity contribution in [2.75, 3.05) is 21.2 Å². The monoisotopic (exact) mass is 715 g/mol. The van der Waals surface area contributed by atoms with Gasteiger partial charge in [0, 0.05) is 31.9 Å². The van der Waals surface area contributed by atoms with E-state index in [4.69, 9.17) is 33.2 Å². The standard InChI is InChI=1S/C37H65NO12/c1-14-25(39)37(10,43)32-20(4)28-18(2)16-36(9,50-28)31(49-34-27(40)24(38(11)12)15-19(3)45-34)21(5)29(22(6)33(42)48-32)47-26-17-35(8,44-13)30(41)23(7)46-26/h19-27,29-32,34,39-41,43H,14-17H2,1-13H3/t19?,20-,21+,22+,23?,24?,25-,26?,27?,29+,30?,31-,32+,34?,35?,36+,37?/m0/s1. The Morgan fingerprint density at radius 1 is 1.06 bits per heavy atom. The molecule has 4 aliphatic rings. The fraction of sp³-hybridized carbons (Fsp3) is 0.919. The Morgan fingerprint density at radius 2 is 1.70 bits per heavy atom. The highest BCUT2D eigenvalue weighted by molar-refractivity contribution is 5.73. The lowest BCUT2D eigenvalue weighted by Gasteiger charge is -2.48. The fourth-order valence-corrected chi connectivity index (χ4v) is 8.73. The molecule has 4 N–H and O–H groups in total. The maximum atomic E-state index is 14.3. The molecule has 4 heterocycles. The molecular formula is C37H65NO12. The number of aliphatic hydroxyl groups excluding tert-OH is 3. The van der Waals surface area contributed by atoms with E-state index >= 15 is 0 Å². The molecule has 0 aromatic carbocycles. The highest BCUT2D eigenvalue weighted by atomic mass is 16.7. The van der Waals surface area contributed by atoms with Crippen LogP contribution in [-0.4, -0.2) is 137 Å². The first-order valence-electron chi connectivity index (χ1n) is 18.3. The van der Waals surface area contributed by atoms with E-state index in [1.807, 2.05) is 53.6 Å². The number of nitrogens with zero attached hydrogens (tertiary/aromatic N) is 1. The number of carbonyl (C=O) groups excluding carboxylic acids is 1. The third kappa shape index (κ3) is 7.93. The van der Waals surface area contributed by atoms with Crippen molar-refractivity contribution < 1.29 is 58.4 Å². The average Bonchev–Trinajstić information content (AvgIpc) is 3.36. The van der Waals surface area contributed by atoms with Crippen LogP contribution in [0.4, 0.5) is 0 Å². The van der Waals surface area contributed by atoms with Crippen LogP contribution in [0, 0.1) is 17.8 Å². The van der Waals surface area contributed by atoms with Crippen molar-refractivity contribution in [3.63, 3.8) is 0 Å². The lowest BCUT2D eigenvalue weighted by molar-refractivity contribution is -0.316. The third-order valence-corrected chi connectivity index (χ3v) is 11.9. The molecule has 13 nitrogen and oxygen atoms in total. The number of hydrogen-bond acceptors (Lipinski definition) is 13. The highest BCUT2D eigenvalue weighted by Crippen LogP contribution is 2.48. The number of hydrogen-bond donors (Lipinski definition) is 4. The molecule has 13 heteroatoms. The summed E-state index contributed by atoms with van der Waals surface area (Å²) in [5.41, 5.74) is -2.95. The van der Waals surface area contributed by atoms with E-state index in [0.717, 1.165) is 5.57 Å². The van der Waals surface area contributed by atoms with E-state index in [0.29, 0.717) is 18.6 Å². The van der Waals surface area contributed by atoms with Crippen molar-refractivity contribution in [2.45, 2.75) is 179 Å². The number of methoxy groups -OCH3 is 1. The van der Waals surface area contributed by atoms with E-state index < -0.39 is 95.8 Å². The molecule has 0 amide bonds. The summed E-state index contributed by atoms with van der Waals surface area (Å²) in [6, 6.07) is -0.223. The Morgan fingerprint density at radius 3 is 2.28 bits per heavy atom. The van der Waals surface area contributed by atoms with E-state index in [1.54, 1.807) is 27.7 Å². The number of likely N-dealkylation sites (N-methyl/N-ethyl adjacent to an activating group) is 1. The van der Waals surface area contributed by atoms with Gasteiger partial charge in [0.2, 0.25) is 0 Å². The summed E-state index contributed by atoms with van der Waals surface area (Å²) >= 11 is 0. The number of esters is 1. The van der Waals surface area contributed by atoms with Gasteiger partial charge in [-0.15, -0.1) is 0 Å². The largest absolute Gasteiger partial charge is 0.488 e. The van der Waals surface area contributed by atoms with Crippen molar-refractivity contribution in [3.05, 3.63) is 11.3 Å². The smallest absolute Gasteiger partial charge is 0.311 e. The van der Waals surface area contributed by atoms with Crippen LogP contribution in [-0.2, 0) is 38.0 Å². The topological polar surface area (TPSA) is 166 Å². The first-order chi connectivity index (χ1) is 23.1. The molecule has 3 saturated heterocycles. The minimum absolute atomic E-state index is 0.174. The van der Waals surface area contributed by atoms with Crippen LogP contribution < -0.4 is 0 Å². The zero-order valence-electron chi connectivity index (χ0n) is 32.4. The third-order valence-electron chi connectivity index (χ3n) is 11.9. The Bertz CT molecular complexity index is 1210. The van der Waals surface area contributed by atoms with Crippen molar-refractivity contribution in [3.8, 4) is 0 Å². The highest BCUT2D eigenvalue weighted by Gasteiger charge is 2.57. The number of ether oxygens (including phenoxy) is 7. The Balaban J connectivity index is 1.83. The quantitative estimate of drug-likeness (QED) is 0.258. The van der Waals surface area contributed by atoms with E-state index in [1.165, 1.54) is 14.0 Å². The molecule has 0 aliphatic carbocycles. The molecule has 17 atom stereocenters. The van der Waals surface area contributed by atoms with Crippen molar-refractivity contribution in [2.24, 2.45) is 17.8 Å². The van der Waals surface area contributed by atoms with Gasteiger partial charge in [0.05, 0.1) is 41.9 Å². The van der Waals surface area contributed by atoms with Crippen molar-refractivity contribution in [1.29, 1.82) is 0 Å². The molecule has 3 fully saturated rings. The summed E-state index contributed by atoms with van der Waals surface area (Å²) in [5, 5.41) is 45.2. The fourth-order valence-electron chi connectivity index (χ4n) is 8.73. The summed E-state index contributed by atoms with van der Waals surface area (Å²) in [7, 11) is 5.35. The normalized spacial score (nSPS) is 46.5. The molecule has 0 radical (unpaired) electrons. The van der Waals surface area contributed by atoms with Crippen LogP contribution in [0.2, 0.25) is 0 Å². The van der Waals surface area contributed by atoms with Crippen LogP contribution >= 0.6 is 0 Å². The van der Waals surface area contributed by atoms with Gasteiger partial charge in [0.1, 0.15) is 41.4 Å². The van der Waals surface area contributed by atoms with Gasteiger partial charge in [-0.1, -0.05) is 20.8 Å². The van der Waals surface area contributed by atoms with Gasteiger partial charge in [-0.25, -0.2) is 0 Å². The van der Waals surface area contributed by atoms with Crippen molar-refractivity contribution in [1.82, 2.24) is 4.90 Å². The van der Waals surface area contributed by atoms with Gasteiger partial charge in [0.15, 0.2) is 12.6 Å². The lowest BCUT2D eigenvalue weighted by Crippen LogP contribution is -2.60.